The van der Waals surface area contributed by atoms with Crippen molar-refractivity contribution < 1.29 is 9.53 Å². The zero-order chi connectivity index (χ0) is 14.5. The van der Waals surface area contributed by atoms with Gasteiger partial charge in [0, 0.05) is 7.05 Å². The van der Waals surface area contributed by atoms with Gasteiger partial charge in [0.15, 0.2) is 0 Å². The zero-order valence-electron chi connectivity index (χ0n) is 11.7. The fraction of sp³-hybridized carbons (Fsp3) is 0.200. The van der Waals surface area contributed by atoms with Gasteiger partial charge in [-0.2, -0.15) is 0 Å². The number of aromatic nitrogens is 1. The van der Waals surface area contributed by atoms with Gasteiger partial charge in [0.25, 0.3) is 5.91 Å². The van der Waals surface area contributed by atoms with Crippen LogP contribution in [-0.4, -0.2) is 25.0 Å². The average molecular weight is 271 g/mol. The highest BCUT2D eigenvalue weighted by Gasteiger charge is 2.11. The second kappa shape index (κ2) is 6.06. The summed E-state index contributed by atoms with van der Waals surface area (Å²) in [7, 11) is 3.33. The maximum atomic E-state index is 12.2. The SMILES string of the molecule is CNc1cccc(C(=O)Nc2cc(C)ccc2OC)n1. The van der Waals surface area contributed by atoms with Crippen LogP contribution >= 0.6 is 0 Å². The van der Waals surface area contributed by atoms with Crippen molar-refractivity contribution >= 4 is 17.4 Å². The van der Waals surface area contributed by atoms with E-state index < -0.39 is 0 Å². The first kappa shape index (κ1) is 13.9. The number of ether oxygens (including phenoxy) is 1. The van der Waals surface area contributed by atoms with Crippen molar-refractivity contribution in [2.24, 2.45) is 0 Å². The minimum absolute atomic E-state index is 0.272. The van der Waals surface area contributed by atoms with Gasteiger partial charge in [-0.1, -0.05) is 12.1 Å². The number of nitrogens with one attached hydrogen (secondary N) is 2. The molecule has 5 nitrogen and oxygen atoms in total. The van der Waals surface area contributed by atoms with E-state index in [4.69, 9.17) is 4.74 Å². The fourth-order valence-electron chi connectivity index (χ4n) is 1.81. The minimum atomic E-state index is -0.272. The van der Waals surface area contributed by atoms with Gasteiger partial charge >= 0.3 is 0 Å². The summed E-state index contributed by atoms with van der Waals surface area (Å²) in [6.07, 6.45) is 0. The first-order chi connectivity index (χ1) is 9.63. The molecule has 0 aliphatic heterocycles. The molecule has 2 N–H and O–H groups in total. The van der Waals surface area contributed by atoms with Gasteiger partial charge in [-0.3, -0.25) is 4.79 Å². The van der Waals surface area contributed by atoms with Crippen LogP contribution in [0.2, 0.25) is 0 Å². The van der Waals surface area contributed by atoms with Crippen LogP contribution in [0.25, 0.3) is 0 Å². The Labute approximate surface area is 118 Å². The molecule has 0 saturated carbocycles. The predicted octanol–water partition coefficient (Wildman–Crippen LogP) is 2.69. The van der Waals surface area contributed by atoms with Crippen molar-refractivity contribution in [2.45, 2.75) is 6.92 Å². The van der Waals surface area contributed by atoms with Gasteiger partial charge in [0.1, 0.15) is 17.3 Å². The number of carbonyl (C=O) groups excluding carboxylic acids is 1. The molecule has 1 aromatic heterocycles. The summed E-state index contributed by atoms with van der Waals surface area (Å²) >= 11 is 0. The Morgan fingerprint density at radius 2 is 2.05 bits per heavy atom. The standard InChI is InChI=1S/C15H17N3O2/c1-10-7-8-13(20-3)12(9-10)18-15(19)11-5-4-6-14(16-2)17-11/h4-9H,1-3H3,(H,16,17)(H,18,19). The third-order valence-corrected chi connectivity index (χ3v) is 2.84. The number of amides is 1. The van der Waals surface area contributed by atoms with Gasteiger partial charge in [-0.05, 0) is 36.8 Å². The van der Waals surface area contributed by atoms with Crippen molar-refractivity contribution in [3.8, 4) is 5.75 Å². The highest BCUT2D eigenvalue weighted by molar-refractivity contribution is 6.03. The second-order valence-electron chi connectivity index (χ2n) is 4.32. The summed E-state index contributed by atoms with van der Waals surface area (Å²) in [6, 6.07) is 10.8. The third kappa shape index (κ3) is 3.06. The molecule has 0 aliphatic rings. The van der Waals surface area contributed by atoms with Crippen LogP contribution < -0.4 is 15.4 Å². The number of rotatable bonds is 4. The highest BCUT2D eigenvalue weighted by atomic mass is 16.5. The lowest BCUT2D eigenvalue weighted by atomic mass is 10.2. The smallest absolute Gasteiger partial charge is 0.274 e. The molecular formula is C15H17N3O2. The van der Waals surface area contributed by atoms with Crippen LogP contribution in [0, 0.1) is 6.92 Å². The van der Waals surface area contributed by atoms with E-state index >= 15 is 0 Å². The minimum Gasteiger partial charge on any atom is -0.495 e. The second-order valence-corrected chi connectivity index (χ2v) is 4.32. The number of carbonyl (C=O) groups is 1. The van der Waals surface area contributed by atoms with Crippen molar-refractivity contribution in [3.05, 3.63) is 47.7 Å². The van der Waals surface area contributed by atoms with E-state index in [9.17, 15) is 4.79 Å². The topological polar surface area (TPSA) is 63.2 Å². The van der Waals surface area contributed by atoms with Crippen molar-refractivity contribution in [1.29, 1.82) is 0 Å². The molecule has 0 aliphatic carbocycles. The van der Waals surface area contributed by atoms with E-state index in [2.05, 4.69) is 15.6 Å². The monoisotopic (exact) mass is 271 g/mol. The first-order valence-corrected chi connectivity index (χ1v) is 6.25. The predicted molar refractivity (Wildman–Crippen MR) is 79.5 cm³/mol. The van der Waals surface area contributed by atoms with E-state index in [-0.39, 0.29) is 5.91 Å². The summed E-state index contributed by atoms with van der Waals surface area (Å²) in [5.74, 6) is 0.994. The van der Waals surface area contributed by atoms with Crippen LogP contribution in [0.1, 0.15) is 16.1 Å². The van der Waals surface area contributed by atoms with Crippen LogP contribution in [0.5, 0.6) is 5.75 Å². The van der Waals surface area contributed by atoms with Crippen molar-refractivity contribution in [2.75, 3.05) is 24.8 Å². The molecule has 0 saturated heterocycles. The number of nitrogens with zero attached hydrogens (tertiary/aromatic N) is 1. The normalized spacial score (nSPS) is 9.95. The van der Waals surface area contributed by atoms with Gasteiger partial charge in [-0.25, -0.2) is 4.98 Å². The summed E-state index contributed by atoms with van der Waals surface area (Å²) in [5, 5.41) is 5.72. The Balaban J connectivity index is 2.25. The lowest BCUT2D eigenvalue weighted by Crippen LogP contribution is -2.15. The Morgan fingerprint density at radius 3 is 2.75 bits per heavy atom. The maximum Gasteiger partial charge on any atom is 0.274 e. The largest absolute Gasteiger partial charge is 0.495 e. The number of pyridine rings is 1. The average Bonchev–Trinajstić information content (AvgIpc) is 2.47. The Morgan fingerprint density at radius 1 is 1.25 bits per heavy atom. The van der Waals surface area contributed by atoms with E-state index in [1.165, 1.54) is 0 Å². The number of hydrogen-bond acceptors (Lipinski definition) is 4. The van der Waals surface area contributed by atoms with Crippen LogP contribution in [0.15, 0.2) is 36.4 Å². The first-order valence-electron chi connectivity index (χ1n) is 6.25. The highest BCUT2D eigenvalue weighted by Crippen LogP contribution is 2.25. The molecule has 20 heavy (non-hydrogen) atoms. The quantitative estimate of drug-likeness (QED) is 0.897. The van der Waals surface area contributed by atoms with Gasteiger partial charge < -0.3 is 15.4 Å². The molecule has 1 heterocycles. The number of hydrogen-bond donors (Lipinski definition) is 2. The van der Waals surface area contributed by atoms with Crippen molar-refractivity contribution in [1.82, 2.24) is 4.98 Å². The van der Waals surface area contributed by atoms with Gasteiger partial charge in [0.2, 0.25) is 0 Å². The Kier molecular flexibility index (Phi) is 4.20. The lowest BCUT2D eigenvalue weighted by Gasteiger charge is -2.11. The van der Waals surface area contributed by atoms with E-state index in [1.807, 2.05) is 25.1 Å². The summed E-state index contributed by atoms with van der Waals surface area (Å²) in [5.41, 5.74) is 2.02. The number of anilines is 2. The van der Waals surface area contributed by atoms with Crippen LogP contribution in [0.3, 0.4) is 0 Å². The molecule has 0 bridgehead atoms. The third-order valence-electron chi connectivity index (χ3n) is 2.84. The number of benzene rings is 1. The zero-order valence-corrected chi connectivity index (χ0v) is 11.7. The fourth-order valence-corrected chi connectivity index (χ4v) is 1.81. The molecule has 0 unspecified atom stereocenters. The molecule has 0 spiro atoms. The molecule has 5 heteroatoms. The molecule has 2 rings (SSSR count). The molecule has 0 radical (unpaired) electrons. The molecule has 0 fully saturated rings. The van der Waals surface area contributed by atoms with E-state index in [1.54, 1.807) is 32.4 Å². The Bertz CT molecular complexity index is 626. The summed E-state index contributed by atoms with van der Waals surface area (Å²) < 4.78 is 5.23. The number of methoxy groups -OCH3 is 1. The maximum absolute atomic E-state index is 12.2. The molecule has 0 atom stereocenters. The molecule has 104 valence electrons. The molecule has 1 amide bonds. The molecule has 1 aromatic carbocycles. The number of aryl methyl sites for hydroxylation is 1. The Hall–Kier alpha value is -2.56. The van der Waals surface area contributed by atoms with Crippen LogP contribution in [-0.2, 0) is 0 Å². The van der Waals surface area contributed by atoms with Gasteiger partial charge in [0.05, 0.1) is 12.8 Å². The van der Waals surface area contributed by atoms with Gasteiger partial charge in [-0.15, -0.1) is 0 Å². The summed E-state index contributed by atoms with van der Waals surface area (Å²) in [6.45, 7) is 1.95. The lowest BCUT2D eigenvalue weighted by molar-refractivity contribution is 0.102. The molecular weight excluding hydrogens is 254 g/mol. The van der Waals surface area contributed by atoms with E-state index in [0.29, 0.717) is 22.9 Å². The van der Waals surface area contributed by atoms with E-state index in [0.717, 1.165) is 5.56 Å². The van der Waals surface area contributed by atoms with Crippen LogP contribution in [0.4, 0.5) is 11.5 Å². The van der Waals surface area contributed by atoms with Crippen molar-refractivity contribution in [3.63, 3.8) is 0 Å². The molecule has 2 aromatic rings. The summed E-state index contributed by atoms with van der Waals surface area (Å²) in [4.78, 5) is 16.4.